The fourth-order valence-corrected chi connectivity index (χ4v) is 5.86. The molecule has 0 aromatic rings. The highest BCUT2D eigenvalue weighted by Gasteiger charge is 2.27. The van der Waals surface area contributed by atoms with Crippen LogP contribution in [0, 0.1) is 5.92 Å². The first-order chi connectivity index (χ1) is 25.5. The van der Waals surface area contributed by atoms with Gasteiger partial charge in [-0.3, -0.25) is 18.6 Å². The number of rotatable bonds is 36. The van der Waals surface area contributed by atoms with Crippen LogP contribution < -0.4 is 0 Å². The lowest BCUT2D eigenvalue weighted by Crippen LogP contribution is -2.29. The van der Waals surface area contributed by atoms with Crippen molar-refractivity contribution in [2.75, 3.05) is 26.4 Å². The van der Waals surface area contributed by atoms with Crippen molar-refractivity contribution in [3.63, 3.8) is 0 Å². The van der Waals surface area contributed by atoms with Crippen molar-refractivity contribution in [1.29, 1.82) is 0 Å². The Morgan fingerprint density at radius 1 is 0.698 bits per heavy atom. The minimum Gasteiger partial charge on any atom is -0.462 e. The summed E-state index contributed by atoms with van der Waals surface area (Å²) in [5.41, 5.74) is 0. The van der Waals surface area contributed by atoms with Gasteiger partial charge in [0, 0.05) is 12.8 Å². The average molecular weight is 773 g/mol. The van der Waals surface area contributed by atoms with E-state index in [0.29, 0.717) is 32.1 Å². The lowest BCUT2D eigenvalue weighted by atomic mass is 10.0. The highest BCUT2D eigenvalue weighted by Crippen LogP contribution is 2.43. The highest BCUT2D eigenvalue weighted by atomic mass is 31.2. The van der Waals surface area contributed by atoms with Gasteiger partial charge in [0.2, 0.25) is 0 Å². The molecule has 0 heterocycles. The molecule has 4 N–H and O–H groups in total. The van der Waals surface area contributed by atoms with Gasteiger partial charge in [-0.1, -0.05) is 140 Å². The zero-order valence-corrected chi connectivity index (χ0v) is 33.9. The molecule has 0 saturated carbocycles. The molecule has 12 heteroatoms. The summed E-state index contributed by atoms with van der Waals surface area (Å²) in [5.74, 6) is -0.273. The van der Waals surface area contributed by atoms with Crippen molar-refractivity contribution < 1.29 is 52.9 Å². The van der Waals surface area contributed by atoms with Crippen LogP contribution in [0.3, 0.4) is 0 Å². The molecule has 0 aromatic heterocycles. The summed E-state index contributed by atoms with van der Waals surface area (Å²) in [5, 5.41) is 28.3. The Labute approximate surface area is 320 Å². The summed E-state index contributed by atoms with van der Waals surface area (Å²) in [6.07, 6.45) is 31.2. The third kappa shape index (κ3) is 36.6. The van der Waals surface area contributed by atoms with Crippen molar-refractivity contribution in [2.45, 2.75) is 167 Å². The van der Waals surface area contributed by atoms with E-state index >= 15 is 0 Å². The van der Waals surface area contributed by atoms with E-state index in [4.69, 9.17) is 19.1 Å². The van der Waals surface area contributed by atoms with Crippen molar-refractivity contribution >= 4 is 19.8 Å². The van der Waals surface area contributed by atoms with E-state index in [1.165, 1.54) is 57.8 Å². The molecule has 0 aromatic carbocycles. The average Bonchev–Trinajstić information content (AvgIpc) is 3.12. The third-order valence-electron chi connectivity index (χ3n) is 8.24. The number of carbonyl (C=O) groups is 2. The van der Waals surface area contributed by atoms with Gasteiger partial charge in [0.05, 0.1) is 25.9 Å². The second-order valence-electron chi connectivity index (χ2n) is 14.0. The molecular formula is C41H73O11P. The summed E-state index contributed by atoms with van der Waals surface area (Å²) < 4.78 is 32.5. The third-order valence-corrected chi connectivity index (χ3v) is 9.20. The molecule has 0 bridgehead atoms. The largest absolute Gasteiger partial charge is 0.472 e. The molecule has 0 amide bonds. The van der Waals surface area contributed by atoms with Crippen LogP contribution in [0.15, 0.2) is 48.6 Å². The monoisotopic (exact) mass is 772 g/mol. The first kappa shape index (κ1) is 50.9. The fourth-order valence-electron chi connectivity index (χ4n) is 5.07. The summed E-state index contributed by atoms with van der Waals surface area (Å²) in [6, 6.07) is 0. The second kappa shape index (κ2) is 35.6. The minimum absolute atomic E-state index is 0.131. The maximum absolute atomic E-state index is 12.5. The van der Waals surface area contributed by atoms with E-state index in [1.54, 1.807) is 6.08 Å². The molecule has 1 unspecified atom stereocenters. The van der Waals surface area contributed by atoms with Crippen LogP contribution in [-0.4, -0.2) is 76.9 Å². The van der Waals surface area contributed by atoms with E-state index in [0.717, 1.165) is 31.6 Å². The fraction of sp³-hybridized carbons (Fsp3) is 0.756. The van der Waals surface area contributed by atoms with Crippen LogP contribution in [-0.2, 0) is 32.7 Å². The van der Waals surface area contributed by atoms with Crippen LogP contribution >= 0.6 is 7.82 Å². The Bertz CT molecular complexity index is 1060. The number of phosphoric ester groups is 1. The van der Waals surface area contributed by atoms with Crippen LogP contribution in [0.25, 0.3) is 0 Å². The van der Waals surface area contributed by atoms with Gasteiger partial charge in [-0.2, -0.15) is 0 Å². The lowest BCUT2D eigenvalue weighted by Gasteiger charge is -2.20. The van der Waals surface area contributed by atoms with Gasteiger partial charge in [0.1, 0.15) is 12.7 Å². The normalized spacial score (nSPS) is 15.2. The molecule has 0 rings (SSSR count). The minimum atomic E-state index is -4.64. The standard InChI is InChI=1S/C41H73O11P/c1-4-5-6-7-12-18-23-28-37(43)29-24-19-14-11-16-20-25-30-40(45)49-34-39(35-51-53(47,48)50-33-38(44)32-42)52-41(46)31-26-21-15-10-8-9-13-17-22-27-36(2)3/h11-12,16,18-19,23-24,28,36-39,42-44H,4-10,13-15,17,20-22,25-27,29-35H2,1-3H3,(H,47,48)/b16-11+,18-12-,24-19-,28-23-/t37-,38+,39-/m1/s1. The number of ether oxygens (including phenoxy) is 2. The molecule has 0 aliphatic heterocycles. The number of hydrogen-bond donors (Lipinski definition) is 4. The van der Waals surface area contributed by atoms with E-state index < -0.39 is 57.9 Å². The van der Waals surface area contributed by atoms with Crippen LogP contribution in [0.1, 0.15) is 149 Å². The van der Waals surface area contributed by atoms with Crippen LogP contribution in [0.2, 0.25) is 0 Å². The Hall–Kier alpha value is -2.11. The van der Waals surface area contributed by atoms with Gasteiger partial charge in [-0.15, -0.1) is 0 Å². The van der Waals surface area contributed by atoms with E-state index in [1.807, 2.05) is 36.5 Å². The van der Waals surface area contributed by atoms with Crippen LogP contribution in [0.5, 0.6) is 0 Å². The van der Waals surface area contributed by atoms with Gasteiger partial charge >= 0.3 is 19.8 Å². The smallest absolute Gasteiger partial charge is 0.462 e. The molecule has 4 atom stereocenters. The Morgan fingerprint density at radius 3 is 2.00 bits per heavy atom. The summed E-state index contributed by atoms with van der Waals surface area (Å²) in [6.45, 7) is 4.46. The molecule has 0 fully saturated rings. The van der Waals surface area contributed by atoms with Gasteiger partial charge in [-0.05, 0) is 50.9 Å². The SMILES string of the molecule is CCCCC/C=C\C=C/[C@@H](O)C/C=C\C/C=C/CCCC(=O)OC[C@H](COP(=O)(O)OC[C@@H](O)CO)OC(=O)CCCCCCCCCCCC(C)C. The van der Waals surface area contributed by atoms with Crippen molar-refractivity contribution in [1.82, 2.24) is 0 Å². The Balaban J connectivity index is 4.50. The summed E-state index contributed by atoms with van der Waals surface area (Å²) in [7, 11) is -4.64. The van der Waals surface area contributed by atoms with Crippen molar-refractivity contribution in [2.24, 2.45) is 5.92 Å². The van der Waals surface area contributed by atoms with Gasteiger partial charge in [0.15, 0.2) is 6.10 Å². The summed E-state index contributed by atoms with van der Waals surface area (Å²) >= 11 is 0. The predicted molar refractivity (Wildman–Crippen MR) is 211 cm³/mol. The maximum Gasteiger partial charge on any atom is 0.472 e. The molecule has 11 nitrogen and oxygen atoms in total. The van der Waals surface area contributed by atoms with Gasteiger partial charge in [0.25, 0.3) is 0 Å². The molecule has 0 saturated heterocycles. The van der Waals surface area contributed by atoms with Gasteiger partial charge < -0.3 is 29.7 Å². The number of aliphatic hydroxyl groups excluding tert-OH is 3. The summed E-state index contributed by atoms with van der Waals surface area (Å²) in [4.78, 5) is 34.8. The first-order valence-corrected chi connectivity index (χ1v) is 21.6. The molecule has 308 valence electrons. The molecule has 53 heavy (non-hydrogen) atoms. The maximum atomic E-state index is 12.5. The Kier molecular flexibility index (Phi) is 34.2. The number of allylic oxidation sites excluding steroid dienone is 6. The number of phosphoric acid groups is 1. The molecular weight excluding hydrogens is 699 g/mol. The van der Waals surface area contributed by atoms with Crippen molar-refractivity contribution in [3.05, 3.63) is 48.6 Å². The molecule has 0 radical (unpaired) electrons. The number of aliphatic hydroxyl groups is 3. The highest BCUT2D eigenvalue weighted by molar-refractivity contribution is 7.47. The topological polar surface area (TPSA) is 169 Å². The zero-order valence-electron chi connectivity index (χ0n) is 33.0. The lowest BCUT2D eigenvalue weighted by molar-refractivity contribution is -0.161. The number of carbonyl (C=O) groups excluding carboxylic acids is 2. The van der Waals surface area contributed by atoms with E-state index in [-0.39, 0.29) is 19.4 Å². The van der Waals surface area contributed by atoms with Crippen molar-refractivity contribution in [3.8, 4) is 0 Å². The second-order valence-corrected chi connectivity index (χ2v) is 15.4. The van der Waals surface area contributed by atoms with E-state index in [2.05, 4.69) is 31.4 Å². The number of hydrogen-bond acceptors (Lipinski definition) is 10. The van der Waals surface area contributed by atoms with E-state index in [9.17, 15) is 29.3 Å². The Morgan fingerprint density at radius 2 is 1.32 bits per heavy atom. The predicted octanol–water partition coefficient (Wildman–Crippen LogP) is 8.99. The molecule has 0 spiro atoms. The zero-order chi connectivity index (χ0) is 39.4. The van der Waals surface area contributed by atoms with Gasteiger partial charge in [-0.25, -0.2) is 4.57 Å². The number of unbranched alkanes of at least 4 members (excludes halogenated alkanes) is 12. The molecule has 0 aliphatic rings. The first-order valence-electron chi connectivity index (χ1n) is 20.1. The quantitative estimate of drug-likeness (QED) is 0.0158. The molecule has 0 aliphatic carbocycles. The number of esters is 2. The van der Waals surface area contributed by atoms with Crippen LogP contribution in [0.4, 0.5) is 0 Å².